The summed E-state index contributed by atoms with van der Waals surface area (Å²) in [5, 5.41) is 3.52. The van der Waals surface area contributed by atoms with Crippen molar-refractivity contribution >= 4 is 28.2 Å². The number of nitrogens with one attached hydrogen (secondary N) is 1. The maximum Gasteiger partial charge on any atom is 0.244 e. The van der Waals surface area contributed by atoms with Gasteiger partial charge in [0.1, 0.15) is 0 Å². The molecule has 2 aromatic rings. The Kier molecular flexibility index (Phi) is 6.01. The van der Waals surface area contributed by atoms with Gasteiger partial charge < -0.3 is 5.32 Å². The predicted molar refractivity (Wildman–Crippen MR) is 107 cm³/mol. The summed E-state index contributed by atoms with van der Waals surface area (Å²) >= 11 is 0. The molecular weight excluding hydrogens is 384 g/mol. The molecular formula is C20H23ClN2O3S. The molecule has 0 aliphatic carbocycles. The number of hydrogen-bond acceptors (Lipinski definition) is 4. The lowest BCUT2D eigenvalue weighted by Gasteiger charge is -2.29. The maximum absolute atomic E-state index is 12.8. The summed E-state index contributed by atoms with van der Waals surface area (Å²) < 4.78 is 26.9. The van der Waals surface area contributed by atoms with Crippen molar-refractivity contribution in [2.24, 2.45) is 0 Å². The van der Waals surface area contributed by atoms with Crippen LogP contribution in [-0.4, -0.2) is 38.1 Å². The maximum atomic E-state index is 12.8. The summed E-state index contributed by atoms with van der Waals surface area (Å²) in [6, 6.07) is 15.1. The lowest BCUT2D eigenvalue weighted by molar-refractivity contribution is 0.0955. The molecule has 1 unspecified atom stereocenters. The van der Waals surface area contributed by atoms with Crippen molar-refractivity contribution in [2.75, 3.05) is 19.6 Å². The van der Waals surface area contributed by atoms with E-state index in [4.69, 9.17) is 0 Å². The highest BCUT2D eigenvalue weighted by Crippen LogP contribution is 2.29. The van der Waals surface area contributed by atoms with Crippen molar-refractivity contribution in [1.82, 2.24) is 9.62 Å². The summed E-state index contributed by atoms with van der Waals surface area (Å²) in [4.78, 5) is 12.4. The van der Waals surface area contributed by atoms with E-state index in [0.717, 1.165) is 19.4 Å². The number of Topliss-reactive ketones (excluding diaryl/α,β-unsaturated/α-hetero) is 1. The lowest BCUT2D eigenvalue weighted by Crippen LogP contribution is -2.41. The summed E-state index contributed by atoms with van der Waals surface area (Å²) in [7, 11) is -3.59. The number of carbonyl (C=O) groups is 1. The van der Waals surface area contributed by atoms with E-state index in [2.05, 4.69) is 23.5 Å². The van der Waals surface area contributed by atoms with Gasteiger partial charge in [0.2, 0.25) is 10.0 Å². The minimum absolute atomic E-state index is 0. The van der Waals surface area contributed by atoms with Gasteiger partial charge in [-0.3, -0.25) is 4.79 Å². The van der Waals surface area contributed by atoms with E-state index >= 15 is 0 Å². The summed E-state index contributed by atoms with van der Waals surface area (Å²) in [6.07, 6.45) is 2.58. The summed E-state index contributed by atoms with van der Waals surface area (Å²) in [6.45, 7) is 1.24. The first-order chi connectivity index (χ1) is 12.6. The zero-order valence-corrected chi connectivity index (χ0v) is 16.6. The van der Waals surface area contributed by atoms with Crippen molar-refractivity contribution in [2.45, 2.75) is 30.2 Å². The Morgan fingerprint density at radius 3 is 2.67 bits per heavy atom. The van der Waals surface area contributed by atoms with E-state index in [1.54, 1.807) is 18.2 Å². The molecule has 0 fully saturated rings. The van der Waals surface area contributed by atoms with E-state index in [0.29, 0.717) is 18.5 Å². The van der Waals surface area contributed by atoms with Gasteiger partial charge in [-0.25, -0.2) is 8.42 Å². The van der Waals surface area contributed by atoms with Crippen molar-refractivity contribution in [3.05, 3.63) is 65.2 Å². The van der Waals surface area contributed by atoms with Crippen molar-refractivity contribution < 1.29 is 13.2 Å². The van der Waals surface area contributed by atoms with Crippen LogP contribution in [0, 0.1) is 0 Å². The van der Waals surface area contributed by atoms with Crippen LogP contribution in [0.25, 0.3) is 0 Å². The number of sulfonamides is 1. The normalized spacial score (nSPS) is 21.0. The van der Waals surface area contributed by atoms with Crippen LogP contribution in [0.15, 0.2) is 53.4 Å². The Bertz CT molecular complexity index is 946. The second kappa shape index (κ2) is 8.10. The largest absolute Gasteiger partial charge is 0.310 e. The van der Waals surface area contributed by atoms with Gasteiger partial charge in [0.05, 0.1) is 11.4 Å². The molecule has 0 radical (unpaired) electrons. The molecule has 0 saturated heterocycles. The predicted octanol–water partition coefficient (Wildman–Crippen LogP) is 2.96. The molecule has 4 rings (SSSR count). The quantitative estimate of drug-likeness (QED) is 0.847. The average molecular weight is 407 g/mol. The minimum Gasteiger partial charge on any atom is -0.310 e. The molecule has 1 atom stereocenters. The fourth-order valence-corrected chi connectivity index (χ4v) is 5.56. The van der Waals surface area contributed by atoms with Gasteiger partial charge >= 0.3 is 0 Å². The molecule has 7 heteroatoms. The fourth-order valence-electron chi connectivity index (χ4n) is 3.91. The molecule has 2 aliphatic heterocycles. The first kappa shape index (κ1) is 20.0. The van der Waals surface area contributed by atoms with Crippen molar-refractivity contribution in [3.8, 4) is 0 Å². The second-order valence-corrected chi connectivity index (χ2v) is 8.76. The third kappa shape index (κ3) is 3.80. The minimum atomic E-state index is -3.59. The van der Waals surface area contributed by atoms with Gasteiger partial charge in [0.15, 0.2) is 5.78 Å². The highest BCUT2D eigenvalue weighted by atomic mass is 35.5. The van der Waals surface area contributed by atoms with E-state index in [1.165, 1.54) is 21.5 Å². The molecule has 2 aromatic carbocycles. The molecule has 5 nitrogen and oxygen atoms in total. The number of nitrogens with zero attached hydrogens (tertiary/aromatic N) is 1. The third-order valence-corrected chi connectivity index (χ3v) is 7.14. The first-order valence-electron chi connectivity index (χ1n) is 9.01. The highest BCUT2D eigenvalue weighted by molar-refractivity contribution is 7.89. The van der Waals surface area contributed by atoms with Crippen LogP contribution in [0.2, 0.25) is 0 Å². The van der Waals surface area contributed by atoms with Gasteiger partial charge in [-0.05, 0) is 49.1 Å². The van der Waals surface area contributed by atoms with Crippen LogP contribution < -0.4 is 5.32 Å². The van der Waals surface area contributed by atoms with Gasteiger partial charge in [-0.2, -0.15) is 4.31 Å². The molecule has 1 N–H and O–H groups in total. The SMILES string of the molecule is Cl.O=C1CN(CCCC2NCCc3ccccc32)S(=O)(=O)c2ccccc21. The number of rotatable bonds is 4. The average Bonchev–Trinajstić information content (AvgIpc) is 2.66. The highest BCUT2D eigenvalue weighted by Gasteiger charge is 2.35. The summed E-state index contributed by atoms with van der Waals surface area (Å²) in [5.74, 6) is -0.128. The van der Waals surface area contributed by atoms with Crippen molar-refractivity contribution in [3.63, 3.8) is 0 Å². The standard InChI is InChI=1S/C20H22N2O3S.ClH/c23-19-14-22(26(24,25)20-10-4-3-8-17(19)20)13-5-9-18-16-7-2-1-6-15(16)11-12-21-18;/h1-4,6-8,10,18,21H,5,9,11-14H2;1H. The van der Waals surface area contributed by atoms with E-state index in [9.17, 15) is 13.2 Å². The molecule has 2 heterocycles. The van der Waals surface area contributed by atoms with Gasteiger partial charge in [-0.15, -0.1) is 12.4 Å². The number of halogens is 1. The fraction of sp³-hybridized carbons (Fsp3) is 0.350. The molecule has 0 saturated carbocycles. The Morgan fingerprint density at radius 2 is 1.81 bits per heavy atom. The monoisotopic (exact) mass is 406 g/mol. The topological polar surface area (TPSA) is 66.5 Å². The van der Waals surface area contributed by atoms with Crippen LogP contribution in [0.5, 0.6) is 0 Å². The number of carbonyl (C=O) groups excluding carboxylic acids is 1. The van der Waals surface area contributed by atoms with Crippen molar-refractivity contribution in [1.29, 1.82) is 0 Å². The lowest BCUT2D eigenvalue weighted by atomic mass is 9.92. The zero-order valence-electron chi connectivity index (χ0n) is 14.9. The van der Waals surface area contributed by atoms with Crippen LogP contribution >= 0.6 is 12.4 Å². The zero-order chi connectivity index (χ0) is 18.1. The molecule has 2 aliphatic rings. The molecule has 0 aromatic heterocycles. The third-order valence-electron chi connectivity index (χ3n) is 5.24. The molecule has 0 spiro atoms. The van der Waals surface area contributed by atoms with Crippen LogP contribution in [0.1, 0.15) is 40.4 Å². The second-order valence-electron chi connectivity index (χ2n) is 6.86. The number of ketones is 1. The van der Waals surface area contributed by atoms with Crippen LogP contribution in [-0.2, 0) is 16.4 Å². The molecule has 0 bridgehead atoms. The van der Waals surface area contributed by atoms with Gasteiger partial charge in [0, 0.05) is 18.2 Å². The Balaban J connectivity index is 0.00000210. The number of benzene rings is 2. The van der Waals surface area contributed by atoms with E-state index < -0.39 is 10.0 Å². The Morgan fingerprint density at radius 1 is 1.07 bits per heavy atom. The smallest absolute Gasteiger partial charge is 0.244 e. The van der Waals surface area contributed by atoms with Crippen LogP contribution in [0.3, 0.4) is 0 Å². The number of hydrogen-bond donors (Lipinski definition) is 1. The molecule has 0 amide bonds. The van der Waals surface area contributed by atoms with Gasteiger partial charge in [-0.1, -0.05) is 36.4 Å². The summed E-state index contributed by atoms with van der Waals surface area (Å²) in [5.41, 5.74) is 2.99. The first-order valence-corrected chi connectivity index (χ1v) is 10.4. The van der Waals surface area contributed by atoms with E-state index in [1.807, 2.05) is 6.07 Å². The van der Waals surface area contributed by atoms with Gasteiger partial charge in [0.25, 0.3) is 0 Å². The molecule has 144 valence electrons. The Labute approximate surface area is 166 Å². The Hall–Kier alpha value is -1.73. The van der Waals surface area contributed by atoms with E-state index in [-0.39, 0.29) is 35.7 Å². The number of fused-ring (bicyclic) bond motifs is 2. The van der Waals surface area contributed by atoms with Crippen LogP contribution in [0.4, 0.5) is 0 Å². The molecule has 27 heavy (non-hydrogen) atoms.